The third kappa shape index (κ3) is 3.12. The first kappa shape index (κ1) is 14.0. The maximum atomic E-state index is 13.1. The van der Waals surface area contributed by atoms with E-state index in [2.05, 4.69) is 0 Å². The van der Waals surface area contributed by atoms with Gasteiger partial charge in [-0.2, -0.15) is 0 Å². The first-order valence-electron chi connectivity index (χ1n) is 6.20. The molecule has 0 saturated carbocycles. The minimum atomic E-state index is -3.04. The van der Waals surface area contributed by atoms with Crippen molar-refractivity contribution in [3.8, 4) is 0 Å². The van der Waals surface area contributed by atoms with Crippen molar-refractivity contribution in [1.82, 2.24) is 4.90 Å². The molecule has 1 aromatic rings. The molecule has 104 valence electrons. The van der Waals surface area contributed by atoms with Crippen LogP contribution in [0.3, 0.4) is 0 Å². The van der Waals surface area contributed by atoms with Gasteiger partial charge < -0.3 is 4.90 Å². The third-order valence-corrected chi connectivity index (χ3v) is 5.07. The SMILES string of the molecule is CCN(C(=O)c1cccc(F)c1)[C@H]1CCS(=O)(=O)C1. The molecule has 1 amide bonds. The van der Waals surface area contributed by atoms with Crippen LogP contribution in [0.25, 0.3) is 0 Å². The zero-order valence-corrected chi connectivity index (χ0v) is 11.5. The summed E-state index contributed by atoms with van der Waals surface area (Å²) in [6.45, 7) is 2.21. The number of sulfone groups is 1. The molecule has 0 unspecified atom stereocenters. The van der Waals surface area contributed by atoms with Gasteiger partial charge in [-0.25, -0.2) is 12.8 Å². The molecule has 0 bridgehead atoms. The van der Waals surface area contributed by atoms with Crippen LogP contribution >= 0.6 is 0 Å². The van der Waals surface area contributed by atoms with Gasteiger partial charge in [0.2, 0.25) is 0 Å². The van der Waals surface area contributed by atoms with Gasteiger partial charge in [0.1, 0.15) is 5.82 Å². The first-order valence-corrected chi connectivity index (χ1v) is 8.02. The van der Waals surface area contributed by atoms with Gasteiger partial charge in [0.25, 0.3) is 5.91 Å². The largest absolute Gasteiger partial charge is 0.335 e. The maximum absolute atomic E-state index is 13.1. The molecule has 1 heterocycles. The monoisotopic (exact) mass is 285 g/mol. The molecule has 0 aromatic heterocycles. The average Bonchev–Trinajstić information content (AvgIpc) is 2.70. The van der Waals surface area contributed by atoms with Gasteiger partial charge in [-0.05, 0) is 31.5 Å². The second kappa shape index (κ2) is 5.28. The van der Waals surface area contributed by atoms with E-state index in [1.165, 1.54) is 29.2 Å². The van der Waals surface area contributed by atoms with Crippen LogP contribution in [0.5, 0.6) is 0 Å². The Labute approximate surface area is 112 Å². The molecule has 1 aliphatic heterocycles. The fourth-order valence-electron chi connectivity index (χ4n) is 2.38. The Hall–Kier alpha value is -1.43. The van der Waals surface area contributed by atoms with E-state index in [1.807, 2.05) is 0 Å². The molecule has 1 saturated heterocycles. The van der Waals surface area contributed by atoms with Crippen LogP contribution in [-0.4, -0.2) is 43.3 Å². The van der Waals surface area contributed by atoms with Crippen LogP contribution in [0.2, 0.25) is 0 Å². The molecule has 0 N–H and O–H groups in total. The van der Waals surface area contributed by atoms with E-state index in [0.29, 0.717) is 13.0 Å². The lowest BCUT2D eigenvalue weighted by Crippen LogP contribution is -2.41. The van der Waals surface area contributed by atoms with Crippen molar-refractivity contribution < 1.29 is 17.6 Å². The highest BCUT2D eigenvalue weighted by atomic mass is 32.2. The van der Waals surface area contributed by atoms with Crippen molar-refractivity contribution in [2.75, 3.05) is 18.1 Å². The van der Waals surface area contributed by atoms with Gasteiger partial charge in [-0.15, -0.1) is 0 Å². The van der Waals surface area contributed by atoms with E-state index >= 15 is 0 Å². The number of hydrogen-bond acceptors (Lipinski definition) is 3. The normalized spacial score (nSPS) is 21.3. The molecule has 1 aromatic carbocycles. The quantitative estimate of drug-likeness (QED) is 0.845. The molecule has 19 heavy (non-hydrogen) atoms. The predicted octanol–water partition coefficient (Wildman–Crippen LogP) is 1.47. The van der Waals surface area contributed by atoms with Gasteiger partial charge in [0, 0.05) is 18.2 Å². The summed E-state index contributed by atoms with van der Waals surface area (Å²) in [6.07, 6.45) is 0.456. The van der Waals surface area contributed by atoms with Crippen LogP contribution in [0.1, 0.15) is 23.7 Å². The Morgan fingerprint density at radius 3 is 2.74 bits per heavy atom. The van der Waals surface area contributed by atoms with Crippen LogP contribution in [0, 0.1) is 5.82 Å². The van der Waals surface area contributed by atoms with E-state index in [4.69, 9.17) is 0 Å². The minimum Gasteiger partial charge on any atom is -0.335 e. The lowest BCUT2D eigenvalue weighted by atomic mass is 10.1. The molecule has 1 fully saturated rings. The van der Waals surface area contributed by atoms with Crippen molar-refractivity contribution in [3.63, 3.8) is 0 Å². The maximum Gasteiger partial charge on any atom is 0.254 e. The number of nitrogens with zero attached hydrogens (tertiary/aromatic N) is 1. The van der Waals surface area contributed by atoms with Crippen LogP contribution in [-0.2, 0) is 9.84 Å². The van der Waals surface area contributed by atoms with Gasteiger partial charge in [0.05, 0.1) is 11.5 Å². The van der Waals surface area contributed by atoms with E-state index in [0.717, 1.165) is 0 Å². The number of hydrogen-bond donors (Lipinski definition) is 0. The lowest BCUT2D eigenvalue weighted by molar-refractivity contribution is 0.0708. The average molecular weight is 285 g/mol. The minimum absolute atomic E-state index is 0.00188. The highest BCUT2D eigenvalue weighted by molar-refractivity contribution is 7.91. The number of carbonyl (C=O) groups excluding carboxylic acids is 1. The summed E-state index contributed by atoms with van der Waals surface area (Å²) in [4.78, 5) is 13.8. The van der Waals surface area contributed by atoms with E-state index in [9.17, 15) is 17.6 Å². The summed E-state index contributed by atoms with van der Waals surface area (Å²) in [5.74, 6) is -0.669. The zero-order valence-electron chi connectivity index (χ0n) is 10.7. The Kier molecular flexibility index (Phi) is 3.89. The summed E-state index contributed by atoms with van der Waals surface area (Å²) < 4.78 is 36.1. The number of halogens is 1. The number of carbonyl (C=O) groups is 1. The standard InChI is InChI=1S/C13H16FNO3S/c1-2-15(12-6-7-19(17,18)9-12)13(16)10-4-3-5-11(14)8-10/h3-5,8,12H,2,6-7,9H2,1H3/t12-/m0/s1. The van der Waals surface area contributed by atoms with Crippen molar-refractivity contribution in [1.29, 1.82) is 0 Å². The van der Waals surface area contributed by atoms with Gasteiger partial charge >= 0.3 is 0 Å². The van der Waals surface area contributed by atoms with E-state index in [1.54, 1.807) is 6.92 Å². The molecular weight excluding hydrogens is 269 g/mol. The summed E-state index contributed by atoms with van der Waals surface area (Å²) in [6, 6.07) is 5.16. The molecule has 6 heteroatoms. The summed E-state index contributed by atoms with van der Waals surface area (Å²) >= 11 is 0. The molecule has 4 nitrogen and oxygen atoms in total. The van der Waals surface area contributed by atoms with E-state index < -0.39 is 15.7 Å². The number of amides is 1. The fourth-order valence-corrected chi connectivity index (χ4v) is 4.11. The van der Waals surface area contributed by atoms with Crippen LogP contribution < -0.4 is 0 Å². The Morgan fingerprint density at radius 1 is 1.47 bits per heavy atom. The van der Waals surface area contributed by atoms with Crippen molar-refractivity contribution in [2.45, 2.75) is 19.4 Å². The Bertz CT molecular complexity index is 585. The summed E-state index contributed by atoms with van der Waals surface area (Å²) in [5, 5.41) is 0. The van der Waals surface area contributed by atoms with Gasteiger partial charge in [-0.3, -0.25) is 4.79 Å². The fraction of sp³-hybridized carbons (Fsp3) is 0.462. The second-order valence-corrected chi connectivity index (χ2v) is 6.89. The van der Waals surface area contributed by atoms with Gasteiger partial charge in [0.15, 0.2) is 9.84 Å². The lowest BCUT2D eigenvalue weighted by Gasteiger charge is -2.26. The highest BCUT2D eigenvalue weighted by Gasteiger charge is 2.34. The van der Waals surface area contributed by atoms with Gasteiger partial charge in [-0.1, -0.05) is 6.07 Å². The zero-order chi connectivity index (χ0) is 14.0. The molecule has 2 rings (SSSR count). The van der Waals surface area contributed by atoms with Crippen molar-refractivity contribution in [3.05, 3.63) is 35.6 Å². The topological polar surface area (TPSA) is 54.5 Å². The Morgan fingerprint density at radius 2 is 2.21 bits per heavy atom. The van der Waals surface area contributed by atoms with Crippen LogP contribution in [0.15, 0.2) is 24.3 Å². The molecule has 0 aliphatic carbocycles. The first-order chi connectivity index (χ1) is 8.93. The highest BCUT2D eigenvalue weighted by Crippen LogP contribution is 2.20. The molecule has 0 radical (unpaired) electrons. The summed E-state index contributed by atoms with van der Waals surface area (Å²) in [5.41, 5.74) is 0.256. The molecular formula is C13H16FNO3S. The predicted molar refractivity (Wildman–Crippen MR) is 70.2 cm³/mol. The molecule has 1 atom stereocenters. The second-order valence-electron chi connectivity index (χ2n) is 4.66. The van der Waals surface area contributed by atoms with Crippen molar-refractivity contribution in [2.24, 2.45) is 0 Å². The third-order valence-electron chi connectivity index (χ3n) is 3.32. The molecule has 1 aliphatic rings. The van der Waals surface area contributed by atoms with Crippen molar-refractivity contribution >= 4 is 15.7 Å². The smallest absolute Gasteiger partial charge is 0.254 e. The van der Waals surface area contributed by atoms with Crippen LogP contribution in [0.4, 0.5) is 4.39 Å². The number of benzene rings is 1. The summed E-state index contributed by atoms with van der Waals surface area (Å²) in [7, 11) is -3.04. The van der Waals surface area contributed by atoms with E-state index in [-0.39, 0.29) is 29.0 Å². The molecule has 0 spiro atoms. The number of rotatable bonds is 3. The Balaban J connectivity index is 2.21.